The highest BCUT2D eigenvalue weighted by atomic mass is 16.2. The summed E-state index contributed by atoms with van der Waals surface area (Å²) in [5.41, 5.74) is 5.45. The molecule has 1 amide bonds. The van der Waals surface area contributed by atoms with Crippen LogP contribution in [-0.2, 0) is 4.79 Å². The molecule has 6 heteroatoms. The number of carbonyl (C=O) groups excluding carboxylic acids is 1. The average Bonchev–Trinajstić information content (AvgIpc) is 3.28. The minimum Gasteiger partial charge on any atom is -0.351 e. The van der Waals surface area contributed by atoms with Gasteiger partial charge in [0.15, 0.2) is 0 Å². The van der Waals surface area contributed by atoms with Gasteiger partial charge in [-0.25, -0.2) is 9.97 Å². The molecule has 3 aromatic heterocycles. The number of hydrogen-bond donors (Lipinski definition) is 2. The quantitative estimate of drug-likeness (QED) is 0.467. The molecule has 2 aliphatic carbocycles. The number of H-pyrrole nitrogens is 1. The molecule has 4 aromatic rings. The van der Waals surface area contributed by atoms with Crippen LogP contribution in [0.2, 0.25) is 0 Å². The van der Waals surface area contributed by atoms with Crippen LogP contribution in [0.15, 0.2) is 61.3 Å². The van der Waals surface area contributed by atoms with Crippen LogP contribution in [0.4, 0.5) is 0 Å². The molecule has 0 aliphatic heterocycles. The van der Waals surface area contributed by atoms with Gasteiger partial charge in [0.1, 0.15) is 5.65 Å². The van der Waals surface area contributed by atoms with Crippen LogP contribution in [0, 0.1) is 5.92 Å². The van der Waals surface area contributed by atoms with Gasteiger partial charge in [-0.2, -0.15) is 0 Å². The zero-order valence-electron chi connectivity index (χ0n) is 18.2. The number of hydrogen-bond acceptors (Lipinski definition) is 3. The van der Waals surface area contributed by atoms with Crippen molar-refractivity contribution >= 4 is 16.9 Å². The number of carbonyl (C=O) groups is 1. The molecule has 0 saturated heterocycles. The number of imidazole rings is 1. The fraction of sp³-hybridized carbons (Fsp3) is 0.346. The van der Waals surface area contributed by atoms with E-state index in [1.54, 1.807) is 0 Å². The van der Waals surface area contributed by atoms with Gasteiger partial charge in [0.25, 0.3) is 0 Å². The second kappa shape index (κ2) is 7.33. The predicted molar refractivity (Wildman–Crippen MR) is 125 cm³/mol. The summed E-state index contributed by atoms with van der Waals surface area (Å²) in [6.07, 6.45) is 12.7. The molecule has 3 heterocycles. The second-order valence-corrected chi connectivity index (χ2v) is 9.62. The maximum atomic E-state index is 12.7. The molecule has 32 heavy (non-hydrogen) atoms. The Balaban J connectivity index is 1.20. The lowest BCUT2D eigenvalue weighted by Gasteiger charge is -2.18. The summed E-state index contributed by atoms with van der Waals surface area (Å²) >= 11 is 0. The zero-order chi connectivity index (χ0) is 21.7. The minimum atomic E-state index is 0.0538. The lowest BCUT2D eigenvalue weighted by Crippen LogP contribution is -2.38. The highest BCUT2D eigenvalue weighted by Gasteiger charge is 2.41. The lowest BCUT2D eigenvalue weighted by atomic mass is 10.0. The molecule has 0 bridgehead atoms. The first-order valence-corrected chi connectivity index (χ1v) is 11.5. The smallest absolute Gasteiger partial charge is 0.223 e. The third-order valence-corrected chi connectivity index (χ3v) is 7.17. The first-order valence-electron chi connectivity index (χ1n) is 11.5. The van der Waals surface area contributed by atoms with E-state index in [0.29, 0.717) is 6.04 Å². The molecule has 6 rings (SSSR count). The zero-order valence-corrected chi connectivity index (χ0v) is 18.2. The SMILES string of the molecule is CC1(NC(=O)[C@H]2CC[C@@H](n3cncc3-c3ccc(-c4cnc5[nH]ccc5c4)cc3)C2)CC1. The van der Waals surface area contributed by atoms with Crippen molar-refractivity contribution in [3.05, 3.63) is 61.3 Å². The molecule has 0 radical (unpaired) electrons. The Morgan fingerprint density at radius 1 is 1.09 bits per heavy atom. The number of benzene rings is 1. The molecule has 2 saturated carbocycles. The van der Waals surface area contributed by atoms with Crippen LogP contribution < -0.4 is 5.32 Å². The number of aromatic amines is 1. The van der Waals surface area contributed by atoms with Crippen molar-refractivity contribution in [2.75, 3.05) is 0 Å². The Bertz CT molecular complexity index is 1280. The Labute approximate surface area is 187 Å². The third kappa shape index (κ3) is 3.49. The van der Waals surface area contributed by atoms with E-state index < -0.39 is 0 Å². The highest BCUT2D eigenvalue weighted by Crippen LogP contribution is 2.40. The number of nitrogens with zero attached hydrogens (tertiary/aromatic N) is 3. The van der Waals surface area contributed by atoms with Crippen LogP contribution in [0.5, 0.6) is 0 Å². The van der Waals surface area contributed by atoms with Gasteiger partial charge >= 0.3 is 0 Å². The van der Waals surface area contributed by atoms with Crippen molar-refractivity contribution in [1.29, 1.82) is 0 Å². The summed E-state index contributed by atoms with van der Waals surface area (Å²) in [7, 11) is 0. The number of nitrogens with one attached hydrogen (secondary N) is 2. The molecule has 1 aromatic carbocycles. The van der Waals surface area contributed by atoms with Gasteiger partial charge in [0.2, 0.25) is 5.91 Å². The fourth-order valence-corrected chi connectivity index (χ4v) is 4.91. The van der Waals surface area contributed by atoms with Crippen molar-refractivity contribution in [2.45, 2.75) is 50.6 Å². The number of aromatic nitrogens is 4. The molecular formula is C26H27N5O. The highest BCUT2D eigenvalue weighted by molar-refractivity contribution is 5.82. The molecule has 162 valence electrons. The van der Waals surface area contributed by atoms with Crippen LogP contribution >= 0.6 is 0 Å². The van der Waals surface area contributed by atoms with Crippen LogP contribution in [0.3, 0.4) is 0 Å². The summed E-state index contributed by atoms with van der Waals surface area (Å²) < 4.78 is 2.26. The van der Waals surface area contributed by atoms with Crippen molar-refractivity contribution in [1.82, 2.24) is 24.8 Å². The second-order valence-electron chi connectivity index (χ2n) is 9.62. The van der Waals surface area contributed by atoms with E-state index >= 15 is 0 Å². The fourth-order valence-electron chi connectivity index (χ4n) is 4.91. The van der Waals surface area contributed by atoms with Gasteiger partial charge in [0, 0.05) is 40.8 Å². The topological polar surface area (TPSA) is 75.6 Å². The predicted octanol–water partition coefficient (Wildman–Crippen LogP) is 5.10. The first kappa shape index (κ1) is 19.3. The summed E-state index contributed by atoms with van der Waals surface area (Å²) in [6.45, 7) is 2.14. The Morgan fingerprint density at radius 2 is 1.91 bits per heavy atom. The van der Waals surface area contributed by atoms with Gasteiger partial charge in [0.05, 0.1) is 18.2 Å². The normalized spacial score (nSPS) is 21.7. The van der Waals surface area contributed by atoms with Gasteiger partial charge in [-0.05, 0) is 62.3 Å². The van der Waals surface area contributed by atoms with Crippen LogP contribution in [-0.4, -0.2) is 31.0 Å². The van der Waals surface area contributed by atoms with Crippen LogP contribution in [0.1, 0.15) is 45.1 Å². The molecule has 6 nitrogen and oxygen atoms in total. The van der Waals surface area contributed by atoms with Gasteiger partial charge in [-0.3, -0.25) is 4.79 Å². The van der Waals surface area contributed by atoms with E-state index in [4.69, 9.17) is 0 Å². The number of fused-ring (bicyclic) bond motifs is 1. The largest absolute Gasteiger partial charge is 0.351 e. The Hall–Kier alpha value is -3.41. The van der Waals surface area contributed by atoms with Gasteiger partial charge in [-0.1, -0.05) is 24.3 Å². The number of amides is 1. The number of pyridine rings is 1. The maximum absolute atomic E-state index is 12.7. The van der Waals surface area contributed by atoms with E-state index in [-0.39, 0.29) is 17.4 Å². The van der Waals surface area contributed by atoms with E-state index in [2.05, 4.69) is 62.1 Å². The standard InChI is InChI=1S/C26H27N5O/c1-26(9-10-26)30-25(32)20-6-7-22(13-20)31-16-27-15-23(31)18-4-2-17(3-5-18)21-12-19-8-11-28-24(19)29-14-21/h2-5,8,11-12,14-16,20,22H,6-7,9-10,13H2,1H3,(H,28,29)(H,30,32)/t20-,22+/m0/s1. The van der Waals surface area contributed by atoms with Crippen molar-refractivity contribution in [3.63, 3.8) is 0 Å². The van der Waals surface area contributed by atoms with E-state index in [9.17, 15) is 4.79 Å². The summed E-state index contributed by atoms with van der Waals surface area (Å²) in [5, 5.41) is 4.36. The molecule has 2 aliphatic rings. The summed E-state index contributed by atoms with van der Waals surface area (Å²) in [5.74, 6) is 0.331. The molecule has 2 N–H and O–H groups in total. The molecular weight excluding hydrogens is 398 g/mol. The van der Waals surface area contributed by atoms with E-state index in [0.717, 1.165) is 65.5 Å². The van der Waals surface area contributed by atoms with E-state index in [1.165, 1.54) is 0 Å². The monoisotopic (exact) mass is 425 g/mol. The third-order valence-electron chi connectivity index (χ3n) is 7.17. The average molecular weight is 426 g/mol. The minimum absolute atomic E-state index is 0.0538. The van der Waals surface area contributed by atoms with Crippen molar-refractivity contribution < 1.29 is 4.79 Å². The molecule has 2 fully saturated rings. The summed E-state index contributed by atoms with van der Waals surface area (Å²) in [4.78, 5) is 24.7. The van der Waals surface area contributed by atoms with Crippen LogP contribution in [0.25, 0.3) is 33.4 Å². The van der Waals surface area contributed by atoms with Crippen molar-refractivity contribution in [2.24, 2.45) is 5.92 Å². The molecule has 2 atom stereocenters. The Morgan fingerprint density at radius 3 is 2.72 bits per heavy atom. The maximum Gasteiger partial charge on any atom is 0.223 e. The van der Waals surface area contributed by atoms with Gasteiger partial charge in [-0.15, -0.1) is 0 Å². The van der Waals surface area contributed by atoms with Crippen molar-refractivity contribution in [3.8, 4) is 22.4 Å². The molecule has 0 spiro atoms. The molecule has 0 unspecified atom stereocenters. The summed E-state index contributed by atoms with van der Waals surface area (Å²) in [6, 6.07) is 13.1. The lowest BCUT2D eigenvalue weighted by molar-refractivity contribution is -0.125. The van der Waals surface area contributed by atoms with E-state index in [1.807, 2.05) is 31.0 Å². The number of rotatable bonds is 5. The first-order chi connectivity index (χ1) is 15.6. The Kier molecular flexibility index (Phi) is 4.42. The van der Waals surface area contributed by atoms with Gasteiger partial charge < -0.3 is 14.9 Å².